The van der Waals surface area contributed by atoms with Crippen LogP contribution in [-0.4, -0.2) is 20.7 Å². The van der Waals surface area contributed by atoms with Gasteiger partial charge in [0.1, 0.15) is 5.82 Å². The van der Waals surface area contributed by atoms with Crippen LogP contribution in [0.1, 0.15) is 5.82 Å². The summed E-state index contributed by atoms with van der Waals surface area (Å²) in [6.45, 7) is 0. The van der Waals surface area contributed by atoms with Crippen molar-refractivity contribution in [1.29, 1.82) is 0 Å². The Bertz CT molecular complexity index is 340. The normalized spacial score (nSPS) is 9.83. The minimum atomic E-state index is -0.299. The van der Waals surface area contributed by atoms with Crippen molar-refractivity contribution in [2.24, 2.45) is 12.9 Å². The number of aromatic nitrogens is 3. The summed E-state index contributed by atoms with van der Waals surface area (Å²) in [5.41, 5.74) is 2.01. The molecule has 1 heterocycles. The molecular formula is C5H9N5OS. The molecule has 1 rings (SSSR count). The molecule has 0 spiro atoms. The van der Waals surface area contributed by atoms with E-state index in [9.17, 15) is 4.79 Å². The molecule has 0 atom stereocenters. The van der Waals surface area contributed by atoms with Crippen molar-refractivity contribution >= 4 is 18.1 Å². The molecule has 0 aromatic carbocycles. The molecule has 0 bridgehead atoms. The number of nitrogens with one attached hydrogen (secondary N) is 2. The van der Waals surface area contributed by atoms with Crippen molar-refractivity contribution in [1.82, 2.24) is 20.2 Å². The van der Waals surface area contributed by atoms with Crippen LogP contribution in [0.25, 0.3) is 0 Å². The average Bonchev–Trinajstić information content (AvgIpc) is 2.36. The molecule has 12 heavy (non-hydrogen) atoms. The Kier molecular flexibility index (Phi) is 2.56. The van der Waals surface area contributed by atoms with E-state index in [2.05, 4.69) is 10.2 Å². The van der Waals surface area contributed by atoms with E-state index in [1.807, 2.05) is 5.43 Å². The van der Waals surface area contributed by atoms with E-state index in [0.29, 0.717) is 10.6 Å². The van der Waals surface area contributed by atoms with Crippen molar-refractivity contribution in [3.8, 4) is 0 Å². The Morgan fingerprint density at radius 2 is 2.58 bits per heavy atom. The number of nitrogens with two attached hydrogens (primary N) is 1. The van der Waals surface area contributed by atoms with Crippen molar-refractivity contribution < 1.29 is 4.79 Å². The van der Waals surface area contributed by atoms with Gasteiger partial charge in [0.05, 0.1) is 6.42 Å². The van der Waals surface area contributed by atoms with E-state index in [-0.39, 0.29) is 12.3 Å². The first kappa shape index (κ1) is 8.88. The predicted octanol–water partition coefficient (Wildman–Crippen LogP) is -0.990. The molecule has 0 saturated carbocycles. The predicted molar refractivity (Wildman–Crippen MR) is 44.4 cm³/mol. The topological polar surface area (TPSA) is 88.7 Å². The largest absolute Gasteiger partial charge is 0.307 e. The number of rotatable bonds is 2. The van der Waals surface area contributed by atoms with Crippen LogP contribution >= 0.6 is 12.2 Å². The zero-order valence-corrected chi connectivity index (χ0v) is 7.31. The second-order valence-corrected chi connectivity index (χ2v) is 2.63. The Labute approximate surface area is 73.7 Å². The highest BCUT2D eigenvalue weighted by atomic mass is 32.1. The molecule has 0 aliphatic rings. The number of carbonyl (C=O) groups excluding carboxylic acids is 1. The molecule has 0 saturated heterocycles. The van der Waals surface area contributed by atoms with Crippen LogP contribution in [0, 0.1) is 4.77 Å². The fourth-order valence-electron chi connectivity index (χ4n) is 0.732. The van der Waals surface area contributed by atoms with Crippen LogP contribution in [0.5, 0.6) is 0 Å². The molecule has 6 nitrogen and oxygen atoms in total. The van der Waals surface area contributed by atoms with Crippen LogP contribution < -0.4 is 11.3 Å². The van der Waals surface area contributed by atoms with Crippen molar-refractivity contribution in [2.45, 2.75) is 6.42 Å². The Morgan fingerprint density at radius 1 is 1.92 bits per heavy atom. The van der Waals surface area contributed by atoms with Gasteiger partial charge < -0.3 is 4.57 Å². The molecule has 0 aliphatic carbocycles. The zero-order chi connectivity index (χ0) is 9.14. The van der Waals surface area contributed by atoms with E-state index in [1.165, 1.54) is 0 Å². The summed E-state index contributed by atoms with van der Waals surface area (Å²) >= 11 is 4.85. The van der Waals surface area contributed by atoms with Gasteiger partial charge in [-0.15, -0.1) is 0 Å². The minimum absolute atomic E-state index is 0.125. The summed E-state index contributed by atoms with van der Waals surface area (Å²) in [6, 6.07) is 0. The summed E-state index contributed by atoms with van der Waals surface area (Å²) in [5, 5.41) is 6.39. The molecule has 66 valence electrons. The second kappa shape index (κ2) is 3.46. The highest BCUT2D eigenvalue weighted by molar-refractivity contribution is 7.71. The van der Waals surface area contributed by atoms with Gasteiger partial charge in [-0.1, -0.05) is 0 Å². The number of nitrogens with zero attached hydrogens (tertiary/aromatic N) is 2. The lowest BCUT2D eigenvalue weighted by atomic mass is 10.4. The fourth-order valence-corrected chi connectivity index (χ4v) is 0.883. The van der Waals surface area contributed by atoms with Gasteiger partial charge in [-0.3, -0.25) is 15.3 Å². The zero-order valence-electron chi connectivity index (χ0n) is 6.50. The summed E-state index contributed by atoms with van der Waals surface area (Å²) in [4.78, 5) is 10.8. The van der Waals surface area contributed by atoms with E-state index >= 15 is 0 Å². The van der Waals surface area contributed by atoms with Gasteiger partial charge in [0.25, 0.3) is 0 Å². The van der Waals surface area contributed by atoms with Crippen LogP contribution in [-0.2, 0) is 18.3 Å². The van der Waals surface area contributed by atoms with Gasteiger partial charge in [-0.05, 0) is 12.2 Å². The first-order valence-corrected chi connectivity index (χ1v) is 3.65. The number of hydrogen-bond donors (Lipinski definition) is 3. The molecule has 1 amide bonds. The van der Waals surface area contributed by atoms with E-state index in [1.54, 1.807) is 11.6 Å². The molecule has 4 N–H and O–H groups in total. The molecule has 0 fully saturated rings. The lowest BCUT2D eigenvalue weighted by Crippen LogP contribution is -2.32. The molecule has 0 radical (unpaired) electrons. The highest BCUT2D eigenvalue weighted by Crippen LogP contribution is 1.94. The molecular weight excluding hydrogens is 178 g/mol. The summed E-state index contributed by atoms with van der Waals surface area (Å²) in [7, 11) is 1.73. The Hall–Kier alpha value is -1.21. The fraction of sp³-hybridized carbons (Fsp3) is 0.400. The monoisotopic (exact) mass is 187 g/mol. The first-order chi connectivity index (χ1) is 5.65. The lowest BCUT2D eigenvalue weighted by Gasteiger charge is -1.97. The summed E-state index contributed by atoms with van der Waals surface area (Å²) in [5.74, 6) is 5.16. The lowest BCUT2D eigenvalue weighted by molar-refractivity contribution is -0.120. The molecule has 0 aliphatic heterocycles. The Balaban J connectivity index is 2.83. The van der Waals surface area contributed by atoms with Crippen molar-refractivity contribution in [3.05, 3.63) is 10.6 Å². The highest BCUT2D eigenvalue weighted by Gasteiger charge is 2.06. The van der Waals surface area contributed by atoms with E-state index in [0.717, 1.165) is 0 Å². The van der Waals surface area contributed by atoms with Crippen LogP contribution in [0.2, 0.25) is 0 Å². The number of hydrogen-bond acceptors (Lipinski definition) is 4. The summed E-state index contributed by atoms with van der Waals surface area (Å²) < 4.78 is 2.10. The first-order valence-electron chi connectivity index (χ1n) is 3.25. The van der Waals surface area contributed by atoms with Gasteiger partial charge in [-0.25, -0.2) is 5.84 Å². The molecule has 7 heteroatoms. The van der Waals surface area contributed by atoms with Gasteiger partial charge in [-0.2, -0.15) is 5.10 Å². The van der Waals surface area contributed by atoms with Crippen LogP contribution in [0.3, 0.4) is 0 Å². The summed E-state index contributed by atoms with van der Waals surface area (Å²) in [6.07, 6.45) is 0.125. The van der Waals surface area contributed by atoms with E-state index in [4.69, 9.17) is 18.1 Å². The van der Waals surface area contributed by atoms with Gasteiger partial charge in [0.15, 0.2) is 4.77 Å². The van der Waals surface area contributed by atoms with Crippen LogP contribution in [0.4, 0.5) is 0 Å². The number of H-pyrrole nitrogens is 1. The maximum Gasteiger partial charge on any atom is 0.241 e. The van der Waals surface area contributed by atoms with Gasteiger partial charge in [0, 0.05) is 7.05 Å². The second-order valence-electron chi connectivity index (χ2n) is 2.25. The van der Waals surface area contributed by atoms with Gasteiger partial charge >= 0.3 is 0 Å². The number of hydrazine groups is 1. The number of carbonyl (C=O) groups is 1. The third kappa shape index (κ3) is 1.69. The standard InChI is InChI=1S/C5H9N5OS/c1-10-3(2-4(11)7-6)8-9-5(10)12/h2,6H2,1H3,(H,7,11)(H,9,12). The van der Waals surface area contributed by atoms with Crippen LogP contribution in [0.15, 0.2) is 0 Å². The van der Waals surface area contributed by atoms with Gasteiger partial charge in [0.2, 0.25) is 5.91 Å². The SMILES string of the molecule is Cn1c(CC(=O)NN)n[nH]c1=S. The van der Waals surface area contributed by atoms with Crippen molar-refractivity contribution in [2.75, 3.05) is 0 Å². The number of amides is 1. The maximum absolute atomic E-state index is 10.8. The van der Waals surface area contributed by atoms with E-state index < -0.39 is 0 Å². The quantitative estimate of drug-likeness (QED) is 0.240. The third-order valence-corrected chi connectivity index (χ3v) is 1.82. The minimum Gasteiger partial charge on any atom is -0.307 e. The molecule has 1 aromatic rings. The third-order valence-electron chi connectivity index (χ3n) is 1.45. The average molecular weight is 187 g/mol. The van der Waals surface area contributed by atoms with Crippen molar-refractivity contribution in [3.63, 3.8) is 0 Å². The maximum atomic E-state index is 10.8. The smallest absolute Gasteiger partial charge is 0.241 e. The molecule has 0 unspecified atom stereocenters. The molecule has 1 aromatic heterocycles. The number of aromatic amines is 1. The Morgan fingerprint density at radius 3 is 3.00 bits per heavy atom.